The molecule has 0 amide bonds. The normalized spacial score (nSPS) is 11.2. The van der Waals surface area contributed by atoms with Crippen LogP contribution in [0.5, 0.6) is 0 Å². The third kappa shape index (κ3) is 4.76. The van der Waals surface area contributed by atoms with Gasteiger partial charge in [-0.3, -0.25) is 0 Å². The third-order valence-electron chi connectivity index (χ3n) is 9.52. The predicted octanol–water partition coefficient (Wildman–Crippen LogP) is 11.0. The number of fused-ring (bicyclic) bond motifs is 4. The van der Waals surface area contributed by atoms with Gasteiger partial charge in [0.05, 0.1) is 45.9 Å². The number of para-hydroxylation sites is 4. The SMILES string of the molecule is Cc1c(/C=C\CC#N)n(-c2cccc(-c3ccc(-c4ccccc4-n4c5ccccc5c5ccccc54)c(C#N)c3C#N)c2)c2ccccc12. The Balaban J connectivity index is 1.31. The zero-order valence-electron chi connectivity index (χ0n) is 27.3. The minimum Gasteiger partial charge on any atom is -0.310 e. The molecule has 0 aliphatic rings. The summed E-state index contributed by atoms with van der Waals surface area (Å²) in [4.78, 5) is 0. The van der Waals surface area contributed by atoms with Gasteiger partial charge in [0.1, 0.15) is 12.1 Å². The Hall–Kier alpha value is -7.13. The van der Waals surface area contributed by atoms with Gasteiger partial charge in [-0.2, -0.15) is 15.8 Å². The molecule has 0 bridgehead atoms. The zero-order valence-corrected chi connectivity index (χ0v) is 27.3. The van der Waals surface area contributed by atoms with E-state index in [0.717, 1.165) is 66.5 Å². The van der Waals surface area contributed by atoms with Crippen molar-refractivity contribution in [1.29, 1.82) is 15.8 Å². The molecule has 50 heavy (non-hydrogen) atoms. The van der Waals surface area contributed by atoms with E-state index in [0.29, 0.717) is 28.7 Å². The molecule has 6 aromatic carbocycles. The highest BCUT2D eigenvalue weighted by Gasteiger charge is 2.21. The number of hydrogen-bond donors (Lipinski definition) is 0. The van der Waals surface area contributed by atoms with E-state index >= 15 is 0 Å². The standard InChI is InChI=1S/C45H29N5/c1-30-33-15-2-6-20-42(33)49(41(30)19-10-11-26-46)32-14-12-13-31(27-32)34-24-25-35(40(29-48)39(34)28-47)36-16-3-7-21-43(36)50-44-22-8-4-17-37(44)38-18-5-9-23-45(38)50/h2-10,12-25,27H,11H2,1H3/b19-10-. The first-order valence-corrected chi connectivity index (χ1v) is 16.4. The van der Waals surface area contributed by atoms with Crippen molar-refractivity contribution in [1.82, 2.24) is 9.13 Å². The number of aromatic nitrogens is 2. The molecule has 5 heteroatoms. The van der Waals surface area contributed by atoms with Gasteiger partial charge in [-0.15, -0.1) is 0 Å². The fourth-order valence-electron chi connectivity index (χ4n) is 7.31. The molecular formula is C45H29N5. The lowest BCUT2D eigenvalue weighted by Gasteiger charge is -2.17. The summed E-state index contributed by atoms with van der Waals surface area (Å²) in [6.45, 7) is 2.09. The molecule has 234 valence electrons. The monoisotopic (exact) mass is 639 g/mol. The van der Waals surface area contributed by atoms with Crippen LogP contribution in [-0.4, -0.2) is 9.13 Å². The topological polar surface area (TPSA) is 81.2 Å². The first-order valence-electron chi connectivity index (χ1n) is 16.4. The molecule has 0 saturated heterocycles. The lowest BCUT2D eigenvalue weighted by atomic mass is 9.89. The molecule has 0 radical (unpaired) electrons. The largest absolute Gasteiger partial charge is 0.310 e. The Labute approximate surface area is 290 Å². The van der Waals surface area contributed by atoms with Gasteiger partial charge in [-0.25, -0.2) is 0 Å². The average molecular weight is 640 g/mol. The Morgan fingerprint density at radius 1 is 0.560 bits per heavy atom. The van der Waals surface area contributed by atoms with E-state index < -0.39 is 0 Å². The van der Waals surface area contributed by atoms with Gasteiger partial charge in [0.25, 0.3) is 0 Å². The Morgan fingerprint density at radius 3 is 1.82 bits per heavy atom. The van der Waals surface area contributed by atoms with E-state index in [1.54, 1.807) is 0 Å². The van der Waals surface area contributed by atoms with Crippen LogP contribution in [0.25, 0.3) is 72.4 Å². The summed E-state index contributed by atoms with van der Waals surface area (Å²) in [6.07, 6.45) is 4.20. The molecule has 0 atom stereocenters. The second kappa shape index (κ2) is 12.5. The van der Waals surface area contributed by atoms with Crippen LogP contribution in [-0.2, 0) is 0 Å². The summed E-state index contributed by atoms with van der Waals surface area (Å²) in [5, 5.41) is 33.9. The number of allylic oxidation sites excluding steroid dienone is 1. The number of nitriles is 3. The lowest BCUT2D eigenvalue weighted by Crippen LogP contribution is -2.01. The molecule has 2 aromatic heterocycles. The van der Waals surface area contributed by atoms with Crippen LogP contribution < -0.4 is 0 Å². The number of nitrogens with zero attached hydrogens (tertiary/aromatic N) is 5. The molecule has 8 rings (SSSR count). The number of rotatable bonds is 6. The van der Waals surface area contributed by atoms with E-state index in [1.807, 2.05) is 84.9 Å². The fraction of sp³-hybridized carbons (Fsp3) is 0.0444. The van der Waals surface area contributed by atoms with Crippen molar-refractivity contribution < 1.29 is 0 Å². The van der Waals surface area contributed by atoms with Gasteiger partial charge in [-0.05, 0) is 60.5 Å². The van der Waals surface area contributed by atoms with Crippen LogP contribution in [0.4, 0.5) is 0 Å². The second-order valence-electron chi connectivity index (χ2n) is 12.2. The highest BCUT2D eigenvalue weighted by atomic mass is 15.0. The maximum absolute atomic E-state index is 10.7. The summed E-state index contributed by atoms with van der Waals surface area (Å²) in [6, 6.07) is 52.1. The summed E-state index contributed by atoms with van der Waals surface area (Å²) in [5.74, 6) is 0. The van der Waals surface area contributed by atoms with E-state index in [9.17, 15) is 15.8 Å². The quantitative estimate of drug-likeness (QED) is 0.181. The van der Waals surface area contributed by atoms with Crippen LogP contribution in [0.15, 0.2) is 140 Å². The van der Waals surface area contributed by atoms with Crippen molar-refractivity contribution in [2.75, 3.05) is 0 Å². The van der Waals surface area contributed by atoms with E-state index in [-0.39, 0.29) is 0 Å². The average Bonchev–Trinajstić information content (AvgIpc) is 3.65. The molecule has 8 aromatic rings. The molecule has 2 heterocycles. The van der Waals surface area contributed by atoms with Gasteiger partial charge < -0.3 is 9.13 Å². The van der Waals surface area contributed by atoms with Crippen LogP contribution >= 0.6 is 0 Å². The van der Waals surface area contributed by atoms with Gasteiger partial charge >= 0.3 is 0 Å². The van der Waals surface area contributed by atoms with Gasteiger partial charge in [0.15, 0.2) is 0 Å². The number of aryl methyl sites for hydroxylation is 1. The Morgan fingerprint density at radius 2 is 1.14 bits per heavy atom. The maximum atomic E-state index is 10.7. The summed E-state index contributed by atoms with van der Waals surface area (Å²) < 4.78 is 4.44. The summed E-state index contributed by atoms with van der Waals surface area (Å²) in [7, 11) is 0. The van der Waals surface area contributed by atoms with E-state index in [2.05, 4.69) is 94.9 Å². The highest BCUT2D eigenvalue weighted by molar-refractivity contribution is 6.09. The third-order valence-corrected chi connectivity index (χ3v) is 9.52. The fourth-order valence-corrected chi connectivity index (χ4v) is 7.31. The molecule has 0 fully saturated rings. The smallest absolute Gasteiger partial charge is 0.101 e. The summed E-state index contributed by atoms with van der Waals surface area (Å²) in [5.41, 5.74) is 10.9. The Kier molecular flexibility index (Phi) is 7.54. The van der Waals surface area contributed by atoms with Gasteiger partial charge in [0.2, 0.25) is 0 Å². The van der Waals surface area contributed by atoms with Crippen molar-refractivity contribution in [3.05, 3.63) is 162 Å². The first kappa shape index (κ1) is 30.2. The molecule has 0 unspecified atom stereocenters. The van der Waals surface area contributed by atoms with E-state index in [4.69, 9.17) is 0 Å². The molecule has 0 spiro atoms. The molecule has 0 aliphatic carbocycles. The van der Waals surface area contributed by atoms with Gasteiger partial charge in [-0.1, -0.05) is 103 Å². The highest BCUT2D eigenvalue weighted by Crippen LogP contribution is 2.40. The predicted molar refractivity (Wildman–Crippen MR) is 202 cm³/mol. The molecule has 0 saturated carbocycles. The first-order chi connectivity index (χ1) is 24.6. The van der Waals surface area contributed by atoms with Crippen LogP contribution in [0, 0.1) is 40.9 Å². The molecule has 0 N–H and O–H groups in total. The molecule has 5 nitrogen and oxygen atoms in total. The minimum absolute atomic E-state index is 0.315. The number of hydrogen-bond acceptors (Lipinski definition) is 3. The van der Waals surface area contributed by atoms with Crippen molar-refractivity contribution >= 4 is 38.8 Å². The van der Waals surface area contributed by atoms with Crippen molar-refractivity contribution in [2.45, 2.75) is 13.3 Å². The van der Waals surface area contributed by atoms with E-state index in [1.165, 1.54) is 0 Å². The molecular weight excluding hydrogens is 611 g/mol. The number of benzene rings is 6. The van der Waals surface area contributed by atoms with Crippen LogP contribution in [0.3, 0.4) is 0 Å². The zero-order chi connectivity index (χ0) is 34.2. The van der Waals surface area contributed by atoms with Crippen LogP contribution in [0.1, 0.15) is 28.8 Å². The van der Waals surface area contributed by atoms with Gasteiger partial charge in [0, 0.05) is 44.2 Å². The minimum atomic E-state index is 0.315. The van der Waals surface area contributed by atoms with Crippen LogP contribution in [0.2, 0.25) is 0 Å². The van der Waals surface area contributed by atoms with Crippen molar-refractivity contribution in [3.8, 4) is 51.8 Å². The van der Waals surface area contributed by atoms with Crippen molar-refractivity contribution in [3.63, 3.8) is 0 Å². The Bertz CT molecular complexity index is 2740. The summed E-state index contributed by atoms with van der Waals surface area (Å²) >= 11 is 0. The molecule has 0 aliphatic heterocycles. The lowest BCUT2D eigenvalue weighted by molar-refractivity contribution is 1.10. The maximum Gasteiger partial charge on any atom is 0.101 e. The van der Waals surface area contributed by atoms with Crippen molar-refractivity contribution in [2.24, 2.45) is 0 Å². The second-order valence-corrected chi connectivity index (χ2v) is 12.2.